The van der Waals surface area contributed by atoms with Crippen LogP contribution in [0, 0.1) is 5.92 Å². The molecule has 0 saturated carbocycles. The third kappa shape index (κ3) is 11.0. The Hall–Kier alpha value is -1.57. The Labute approximate surface area is 199 Å². The van der Waals surface area contributed by atoms with Crippen molar-refractivity contribution in [2.24, 2.45) is 5.92 Å². The van der Waals surface area contributed by atoms with Crippen molar-refractivity contribution in [2.45, 2.75) is 44.9 Å². The highest BCUT2D eigenvalue weighted by molar-refractivity contribution is 9.09. The van der Waals surface area contributed by atoms with Crippen molar-refractivity contribution in [2.75, 3.05) is 37.2 Å². The molecule has 1 saturated heterocycles. The lowest BCUT2D eigenvalue weighted by Gasteiger charge is -2.31. The van der Waals surface area contributed by atoms with Crippen molar-refractivity contribution in [3.05, 3.63) is 52.3 Å². The molecule has 1 aliphatic heterocycles. The van der Waals surface area contributed by atoms with Crippen molar-refractivity contribution >= 4 is 39.3 Å². The fourth-order valence-electron chi connectivity index (χ4n) is 3.28. The number of halogens is 2. The summed E-state index contributed by atoms with van der Waals surface area (Å²) in [6.07, 6.45) is 11.9. The molecule has 1 fully saturated rings. The molecule has 0 aromatic carbocycles. The summed E-state index contributed by atoms with van der Waals surface area (Å²) < 4.78 is 0. The van der Waals surface area contributed by atoms with E-state index in [0.717, 1.165) is 57.1 Å². The molecule has 31 heavy (non-hydrogen) atoms. The van der Waals surface area contributed by atoms with Gasteiger partial charge < -0.3 is 20.9 Å². The van der Waals surface area contributed by atoms with Crippen LogP contribution in [0.2, 0.25) is 5.02 Å². The van der Waals surface area contributed by atoms with Crippen LogP contribution in [0.4, 0.5) is 5.82 Å². The van der Waals surface area contributed by atoms with Gasteiger partial charge in [0.25, 0.3) is 11.5 Å². The average Bonchev–Trinajstić information content (AvgIpc) is 2.76. The number of nitrogens with two attached hydrogens (primary N) is 1. The van der Waals surface area contributed by atoms with Gasteiger partial charge in [0.1, 0.15) is 11.4 Å². The van der Waals surface area contributed by atoms with E-state index in [0.29, 0.717) is 12.5 Å². The van der Waals surface area contributed by atoms with Gasteiger partial charge >= 0.3 is 0 Å². The summed E-state index contributed by atoms with van der Waals surface area (Å²) in [6, 6.07) is 1.31. The SMILES string of the molecule is C=CCCCCBr.C=CCCCN1CCC(CNC(=O)c2cc(Cl)c(N)[nH]c2=O)CC1. The predicted octanol–water partition coefficient (Wildman–Crippen LogP) is 4.76. The summed E-state index contributed by atoms with van der Waals surface area (Å²) in [5.74, 6) is 0.0987. The van der Waals surface area contributed by atoms with Gasteiger partial charge in [0.2, 0.25) is 0 Å². The zero-order valence-corrected chi connectivity index (χ0v) is 20.6. The number of piperidine rings is 1. The van der Waals surface area contributed by atoms with E-state index in [-0.39, 0.29) is 16.4 Å². The van der Waals surface area contributed by atoms with E-state index < -0.39 is 11.5 Å². The molecule has 4 N–H and O–H groups in total. The van der Waals surface area contributed by atoms with Crippen molar-refractivity contribution in [3.8, 4) is 0 Å². The number of nitrogens with zero attached hydrogens (tertiary/aromatic N) is 1. The molecule has 2 rings (SSSR count). The Morgan fingerprint density at radius 1 is 1.26 bits per heavy atom. The molecule has 8 heteroatoms. The van der Waals surface area contributed by atoms with Crippen LogP contribution in [-0.4, -0.2) is 47.3 Å². The maximum absolute atomic E-state index is 12.2. The van der Waals surface area contributed by atoms with Gasteiger partial charge in [-0.3, -0.25) is 9.59 Å². The van der Waals surface area contributed by atoms with Crippen LogP contribution in [-0.2, 0) is 0 Å². The topological polar surface area (TPSA) is 91.2 Å². The molecule has 0 aliphatic carbocycles. The predicted molar refractivity (Wildman–Crippen MR) is 135 cm³/mol. The fraction of sp³-hybridized carbons (Fsp3) is 0.565. The first kappa shape index (κ1) is 27.5. The van der Waals surface area contributed by atoms with E-state index in [4.69, 9.17) is 17.3 Å². The van der Waals surface area contributed by atoms with Gasteiger partial charge in [-0.25, -0.2) is 0 Å². The first-order valence-electron chi connectivity index (χ1n) is 10.9. The van der Waals surface area contributed by atoms with E-state index in [2.05, 4.69) is 44.3 Å². The molecule has 174 valence electrons. The van der Waals surface area contributed by atoms with Crippen LogP contribution in [0.1, 0.15) is 55.3 Å². The molecular formula is C23H36BrClN4O2. The molecule has 1 aliphatic rings. The number of nitrogen functional groups attached to an aromatic ring is 1. The Morgan fingerprint density at radius 2 is 1.90 bits per heavy atom. The van der Waals surface area contributed by atoms with Crippen LogP contribution in [0.3, 0.4) is 0 Å². The number of nitrogens with one attached hydrogen (secondary N) is 2. The molecule has 0 spiro atoms. The number of alkyl halides is 1. The van der Waals surface area contributed by atoms with Gasteiger partial charge in [0, 0.05) is 11.9 Å². The monoisotopic (exact) mass is 514 g/mol. The fourth-order valence-corrected chi connectivity index (χ4v) is 3.83. The van der Waals surface area contributed by atoms with Gasteiger partial charge in [-0.2, -0.15) is 0 Å². The number of carbonyl (C=O) groups excluding carboxylic acids is 1. The van der Waals surface area contributed by atoms with Crippen molar-refractivity contribution < 1.29 is 4.79 Å². The number of H-pyrrole nitrogens is 1. The molecule has 1 amide bonds. The molecular weight excluding hydrogens is 480 g/mol. The first-order valence-corrected chi connectivity index (χ1v) is 12.4. The number of aromatic amines is 1. The highest BCUT2D eigenvalue weighted by Crippen LogP contribution is 2.17. The van der Waals surface area contributed by atoms with Gasteiger partial charge in [-0.1, -0.05) is 39.7 Å². The summed E-state index contributed by atoms with van der Waals surface area (Å²) in [4.78, 5) is 28.8. The maximum atomic E-state index is 12.2. The number of likely N-dealkylation sites (tertiary alicyclic amines) is 1. The third-order valence-electron chi connectivity index (χ3n) is 5.20. The van der Waals surface area contributed by atoms with Gasteiger partial charge in [0.05, 0.1) is 5.02 Å². The molecule has 2 heterocycles. The Balaban J connectivity index is 0.000000592. The lowest BCUT2D eigenvalue weighted by atomic mass is 9.96. The summed E-state index contributed by atoms with van der Waals surface area (Å²) in [5.41, 5.74) is 4.98. The normalized spacial score (nSPS) is 14.4. The Morgan fingerprint density at radius 3 is 2.52 bits per heavy atom. The molecule has 0 atom stereocenters. The minimum Gasteiger partial charge on any atom is -0.384 e. The number of hydrogen-bond acceptors (Lipinski definition) is 4. The number of unbranched alkanes of at least 4 members (excludes halogenated alkanes) is 3. The molecule has 1 aromatic heterocycles. The molecule has 6 nitrogen and oxygen atoms in total. The van der Waals surface area contributed by atoms with E-state index in [1.54, 1.807) is 0 Å². The second-order valence-corrected chi connectivity index (χ2v) is 8.87. The number of aromatic nitrogens is 1. The first-order chi connectivity index (χ1) is 14.9. The van der Waals surface area contributed by atoms with E-state index in [1.807, 2.05) is 12.2 Å². The lowest BCUT2D eigenvalue weighted by molar-refractivity contribution is 0.0934. The number of anilines is 1. The second kappa shape index (κ2) is 16.1. The smallest absolute Gasteiger partial charge is 0.262 e. The maximum Gasteiger partial charge on any atom is 0.262 e. The van der Waals surface area contributed by atoms with Gasteiger partial charge in [0.15, 0.2) is 0 Å². The lowest BCUT2D eigenvalue weighted by Crippen LogP contribution is -2.39. The summed E-state index contributed by atoms with van der Waals surface area (Å²) in [5, 5.41) is 4.13. The minimum atomic E-state index is -0.522. The number of carbonyl (C=O) groups is 1. The molecule has 1 aromatic rings. The van der Waals surface area contributed by atoms with Gasteiger partial charge in [-0.05, 0) is 76.6 Å². The average molecular weight is 516 g/mol. The quantitative estimate of drug-likeness (QED) is 0.225. The standard InChI is InChI=1S/C17H25ClN4O2.C6H11Br/c1-2-3-4-7-22-8-5-12(6-9-22)11-20-16(23)13-10-14(18)15(19)21-17(13)24;1-2-3-4-5-6-7/h2,10,12H,1,3-9,11H2,(H,20,23)(H3,19,21,24);2H,1,3-6H2. The van der Waals surface area contributed by atoms with Crippen LogP contribution in [0.15, 0.2) is 36.2 Å². The van der Waals surface area contributed by atoms with Crippen LogP contribution in [0.5, 0.6) is 0 Å². The van der Waals surface area contributed by atoms with Crippen LogP contribution >= 0.6 is 27.5 Å². The zero-order chi connectivity index (χ0) is 23.1. The highest BCUT2D eigenvalue weighted by Gasteiger charge is 2.20. The summed E-state index contributed by atoms with van der Waals surface area (Å²) in [7, 11) is 0. The number of hydrogen-bond donors (Lipinski definition) is 3. The molecule has 0 bridgehead atoms. The zero-order valence-electron chi connectivity index (χ0n) is 18.3. The highest BCUT2D eigenvalue weighted by atomic mass is 79.9. The number of amides is 1. The third-order valence-corrected chi connectivity index (χ3v) is 6.07. The largest absolute Gasteiger partial charge is 0.384 e. The van der Waals surface area contributed by atoms with E-state index >= 15 is 0 Å². The summed E-state index contributed by atoms with van der Waals surface area (Å²) in [6.45, 7) is 11.1. The number of pyridine rings is 1. The van der Waals surface area contributed by atoms with Crippen LogP contribution in [0.25, 0.3) is 0 Å². The number of allylic oxidation sites excluding steroid dienone is 2. The Kier molecular flexibility index (Phi) is 14.3. The van der Waals surface area contributed by atoms with Crippen molar-refractivity contribution in [3.63, 3.8) is 0 Å². The van der Waals surface area contributed by atoms with E-state index in [9.17, 15) is 9.59 Å². The van der Waals surface area contributed by atoms with Crippen molar-refractivity contribution in [1.29, 1.82) is 0 Å². The van der Waals surface area contributed by atoms with Crippen molar-refractivity contribution in [1.82, 2.24) is 15.2 Å². The summed E-state index contributed by atoms with van der Waals surface area (Å²) >= 11 is 9.21. The number of rotatable bonds is 11. The molecule has 0 unspecified atom stereocenters. The second-order valence-electron chi connectivity index (χ2n) is 7.67. The minimum absolute atomic E-state index is 0.00365. The van der Waals surface area contributed by atoms with Crippen LogP contribution < -0.4 is 16.6 Å². The molecule has 0 radical (unpaired) electrons. The van der Waals surface area contributed by atoms with Gasteiger partial charge in [-0.15, -0.1) is 13.2 Å². The van der Waals surface area contributed by atoms with E-state index in [1.165, 1.54) is 18.9 Å². The Bertz CT molecular complexity index is 746.